The van der Waals surface area contributed by atoms with Crippen LogP contribution in [0.5, 0.6) is 0 Å². The normalized spacial score (nSPS) is 14.2. The van der Waals surface area contributed by atoms with E-state index < -0.39 is 0 Å². The van der Waals surface area contributed by atoms with Crippen LogP contribution in [-0.2, 0) is 0 Å². The molecule has 0 fully saturated rings. The molecule has 0 aromatic rings. The van der Waals surface area contributed by atoms with Crippen molar-refractivity contribution >= 4 is 0 Å². The molecule has 2 unspecified atom stereocenters. The van der Waals surface area contributed by atoms with Crippen LogP contribution in [0.25, 0.3) is 0 Å². The third kappa shape index (κ3) is 4.20. The van der Waals surface area contributed by atoms with Gasteiger partial charge in [-0.1, -0.05) is 19.9 Å². The van der Waals surface area contributed by atoms with Gasteiger partial charge in [0.05, 0.1) is 0 Å². The monoisotopic (exact) mass is 166 g/mol. The highest BCUT2D eigenvalue weighted by Gasteiger charge is 2.10. The number of rotatable bonds is 4. The second-order valence-corrected chi connectivity index (χ2v) is 2.97. The number of aliphatic hydroxyl groups is 1. The maximum atomic E-state index is 8.93. The fourth-order valence-corrected chi connectivity index (χ4v) is 0.996. The van der Waals surface area contributed by atoms with Crippen molar-refractivity contribution in [2.45, 2.75) is 26.7 Å². The molecule has 0 bridgehead atoms. The first-order valence-electron chi connectivity index (χ1n) is 4.45. The molecule has 0 amide bonds. The van der Waals surface area contributed by atoms with Crippen molar-refractivity contribution in [1.29, 1.82) is 0 Å². The van der Waals surface area contributed by atoms with E-state index in [1.54, 1.807) is 6.08 Å². The van der Waals surface area contributed by atoms with E-state index >= 15 is 0 Å². The molecule has 68 valence electrons. The van der Waals surface area contributed by atoms with Crippen LogP contribution >= 0.6 is 0 Å². The minimum atomic E-state index is 0.179. The Morgan fingerprint density at radius 3 is 2.58 bits per heavy atom. The summed E-state index contributed by atoms with van der Waals surface area (Å²) in [7, 11) is 0. The average Bonchev–Trinajstić information content (AvgIpc) is 2.07. The minimum absolute atomic E-state index is 0.179. The Morgan fingerprint density at radius 2 is 2.17 bits per heavy atom. The Bertz CT molecular complexity index is 173. The molecule has 0 aromatic carbocycles. The molecule has 1 heteroatoms. The molecular formula is C11H18O. The highest BCUT2D eigenvalue weighted by atomic mass is 16.3. The van der Waals surface area contributed by atoms with Gasteiger partial charge < -0.3 is 5.11 Å². The Balaban J connectivity index is 3.83. The smallest absolute Gasteiger partial charge is 0.0496 e. The van der Waals surface area contributed by atoms with E-state index in [0.717, 1.165) is 12.8 Å². The second kappa shape index (κ2) is 6.94. The average molecular weight is 166 g/mol. The molecule has 0 saturated heterocycles. The summed E-state index contributed by atoms with van der Waals surface area (Å²) in [5.41, 5.74) is 0. The Labute approximate surface area is 75.5 Å². The molecule has 0 aromatic heterocycles. The van der Waals surface area contributed by atoms with Gasteiger partial charge in [0, 0.05) is 25.4 Å². The van der Waals surface area contributed by atoms with Gasteiger partial charge in [0.15, 0.2) is 0 Å². The lowest BCUT2D eigenvalue weighted by Gasteiger charge is -2.14. The van der Waals surface area contributed by atoms with Crippen LogP contribution in [0.15, 0.2) is 12.7 Å². The van der Waals surface area contributed by atoms with Crippen LogP contribution in [-0.4, -0.2) is 11.7 Å². The molecule has 0 aliphatic rings. The van der Waals surface area contributed by atoms with Crippen LogP contribution in [0, 0.1) is 23.7 Å². The van der Waals surface area contributed by atoms with E-state index in [0.29, 0.717) is 5.92 Å². The Kier molecular flexibility index (Phi) is 6.51. The van der Waals surface area contributed by atoms with E-state index in [1.807, 2.05) is 6.92 Å². The van der Waals surface area contributed by atoms with E-state index in [1.165, 1.54) is 0 Å². The van der Waals surface area contributed by atoms with E-state index in [2.05, 4.69) is 25.3 Å². The number of hydrogen-bond acceptors (Lipinski definition) is 1. The summed E-state index contributed by atoms with van der Waals surface area (Å²) in [6.07, 6.45) is 3.56. The molecule has 0 rings (SSSR count). The molecule has 1 N–H and O–H groups in total. The van der Waals surface area contributed by atoms with Crippen molar-refractivity contribution in [1.82, 2.24) is 0 Å². The molecule has 0 aliphatic heterocycles. The first-order valence-corrected chi connectivity index (χ1v) is 4.45. The van der Waals surface area contributed by atoms with Crippen LogP contribution in [0.2, 0.25) is 0 Å². The van der Waals surface area contributed by atoms with Crippen LogP contribution < -0.4 is 0 Å². The van der Waals surface area contributed by atoms with Gasteiger partial charge in [-0.05, 0) is 5.92 Å². The summed E-state index contributed by atoms with van der Waals surface area (Å²) < 4.78 is 0. The number of aliphatic hydroxyl groups excluding tert-OH is 1. The predicted octanol–water partition coefficient (Wildman–Crippen LogP) is 2.22. The minimum Gasteiger partial charge on any atom is -0.396 e. The van der Waals surface area contributed by atoms with Crippen molar-refractivity contribution in [2.75, 3.05) is 6.61 Å². The molecule has 0 saturated carbocycles. The maximum absolute atomic E-state index is 8.93. The fourth-order valence-electron chi connectivity index (χ4n) is 0.996. The zero-order chi connectivity index (χ0) is 9.40. The van der Waals surface area contributed by atoms with Gasteiger partial charge in [-0.25, -0.2) is 0 Å². The van der Waals surface area contributed by atoms with Crippen molar-refractivity contribution in [3.8, 4) is 11.8 Å². The first-order chi connectivity index (χ1) is 5.76. The second-order valence-electron chi connectivity index (χ2n) is 2.97. The zero-order valence-corrected chi connectivity index (χ0v) is 8.01. The van der Waals surface area contributed by atoms with Crippen molar-refractivity contribution in [3.05, 3.63) is 12.7 Å². The summed E-state index contributed by atoms with van der Waals surface area (Å²) in [6.45, 7) is 7.98. The molecule has 0 heterocycles. The summed E-state index contributed by atoms with van der Waals surface area (Å²) in [5.74, 6) is 6.69. The predicted molar refractivity (Wildman–Crippen MR) is 52.6 cm³/mol. The molecule has 0 spiro atoms. The molecule has 0 aliphatic carbocycles. The molecule has 0 radical (unpaired) electrons. The SMILES string of the molecule is C=CC(CO)C(C)CC#CCC. The van der Waals surface area contributed by atoms with Gasteiger partial charge in [0.25, 0.3) is 0 Å². The van der Waals surface area contributed by atoms with E-state index in [-0.39, 0.29) is 12.5 Å². The lowest BCUT2D eigenvalue weighted by Crippen LogP contribution is -2.12. The standard InChI is InChI=1S/C11H18O/c1-4-6-7-8-10(3)11(5-2)9-12/h5,10-12H,2,4,8-9H2,1,3H3. The van der Waals surface area contributed by atoms with Crippen LogP contribution in [0.4, 0.5) is 0 Å². The molecular weight excluding hydrogens is 148 g/mol. The van der Waals surface area contributed by atoms with Crippen LogP contribution in [0.3, 0.4) is 0 Å². The van der Waals surface area contributed by atoms with Gasteiger partial charge in [0.2, 0.25) is 0 Å². The van der Waals surface area contributed by atoms with Crippen molar-refractivity contribution < 1.29 is 5.11 Å². The van der Waals surface area contributed by atoms with E-state index in [9.17, 15) is 0 Å². The van der Waals surface area contributed by atoms with E-state index in [4.69, 9.17) is 5.11 Å². The lowest BCUT2D eigenvalue weighted by atomic mass is 9.92. The van der Waals surface area contributed by atoms with Gasteiger partial charge in [-0.2, -0.15) is 0 Å². The third-order valence-corrected chi connectivity index (χ3v) is 1.97. The highest BCUT2D eigenvalue weighted by molar-refractivity contribution is 5.00. The van der Waals surface area contributed by atoms with Crippen LogP contribution in [0.1, 0.15) is 26.7 Å². The summed E-state index contributed by atoms with van der Waals surface area (Å²) in [6, 6.07) is 0. The molecule has 1 nitrogen and oxygen atoms in total. The fraction of sp³-hybridized carbons (Fsp3) is 0.636. The Morgan fingerprint density at radius 1 is 1.50 bits per heavy atom. The highest BCUT2D eigenvalue weighted by Crippen LogP contribution is 2.14. The number of hydrogen-bond donors (Lipinski definition) is 1. The van der Waals surface area contributed by atoms with Crippen molar-refractivity contribution in [3.63, 3.8) is 0 Å². The van der Waals surface area contributed by atoms with Gasteiger partial charge in [0.1, 0.15) is 0 Å². The zero-order valence-electron chi connectivity index (χ0n) is 8.01. The maximum Gasteiger partial charge on any atom is 0.0496 e. The molecule has 12 heavy (non-hydrogen) atoms. The quantitative estimate of drug-likeness (QED) is 0.501. The summed E-state index contributed by atoms with van der Waals surface area (Å²) in [5, 5.41) is 8.93. The molecule has 2 atom stereocenters. The van der Waals surface area contributed by atoms with Gasteiger partial charge >= 0.3 is 0 Å². The lowest BCUT2D eigenvalue weighted by molar-refractivity contribution is 0.216. The largest absolute Gasteiger partial charge is 0.396 e. The third-order valence-electron chi connectivity index (χ3n) is 1.97. The first kappa shape index (κ1) is 11.3. The topological polar surface area (TPSA) is 20.2 Å². The van der Waals surface area contributed by atoms with Gasteiger partial charge in [-0.3, -0.25) is 0 Å². The van der Waals surface area contributed by atoms with Gasteiger partial charge in [-0.15, -0.1) is 18.4 Å². The van der Waals surface area contributed by atoms with Crippen molar-refractivity contribution in [2.24, 2.45) is 11.8 Å². The summed E-state index contributed by atoms with van der Waals surface area (Å²) in [4.78, 5) is 0. The Hall–Kier alpha value is -0.740. The summed E-state index contributed by atoms with van der Waals surface area (Å²) >= 11 is 0.